The van der Waals surface area contributed by atoms with Crippen molar-refractivity contribution in [3.8, 4) is 5.88 Å². The molecule has 20 heavy (non-hydrogen) atoms. The van der Waals surface area contributed by atoms with Crippen LogP contribution in [-0.4, -0.2) is 15.8 Å². The van der Waals surface area contributed by atoms with E-state index in [1.165, 1.54) is 13.3 Å². The van der Waals surface area contributed by atoms with Gasteiger partial charge in [0.2, 0.25) is 5.88 Å². The van der Waals surface area contributed by atoms with Gasteiger partial charge >= 0.3 is 0 Å². The lowest BCUT2D eigenvalue weighted by Crippen LogP contribution is -2.22. The van der Waals surface area contributed by atoms with Crippen LogP contribution in [0.4, 0.5) is 5.82 Å². The van der Waals surface area contributed by atoms with Crippen LogP contribution in [0.5, 0.6) is 5.88 Å². The van der Waals surface area contributed by atoms with E-state index in [1.807, 2.05) is 0 Å². The summed E-state index contributed by atoms with van der Waals surface area (Å²) >= 11 is 0. The van der Waals surface area contributed by atoms with Crippen molar-refractivity contribution in [2.45, 2.75) is 19.8 Å². The van der Waals surface area contributed by atoms with Gasteiger partial charge in [-0.2, -0.15) is 0 Å². The third-order valence-electron chi connectivity index (χ3n) is 3.29. The Hall–Kier alpha value is -2.63. The van der Waals surface area contributed by atoms with Crippen molar-refractivity contribution in [1.82, 2.24) is 9.97 Å². The number of carbonyl (C=O) groups excluding carboxylic acids is 1. The maximum Gasteiger partial charge on any atom is 0.228 e. The number of hydrogen-bond donors (Lipinski definition) is 1. The lowest BCUT2D eigenvalue weighted by Gasteiger charge is -2.26. The highest BCUT2D eigenvalue weighted by atomic mass is 16.5. The molecule has 0 fully saturated rings. The number of anilines is 1. The van der Waals surface area contributed by atoms with Gasteiger partial charge in [-0.3, -0.25) is 4.79 Å². The van der Waals surface area contributed by atoms with Gasteiger partial charge in [0.15, 0.2) is 5.78 Å². The summed E-state index contributed by atoms with van der Waals surface area (Å²) in [5.41, 5.74) is 7.02. The molecule has 1 unspecified atom stereocenters. The van der Waals surface area contributed by atoms with E-state index in [4.69, 9.17) is 14.9 Å². The Kier molecular flexibility index (Phi) is 2.78. The molecule has 1 aliphatic heterocycles. The van der Waals surface area contributed by atoms with E-state index >= 15 is 0 Å². The van der Waals surface area contributed by atoms with Crippen molar-refractivity contribution in [2.24, 2.45) is 0 Å². The van der Waals surface area contributed by atoms with Gasteiger partial charge in [-0.05, 0) is 26.0 Å². The summed E-state index contributed by atoms with van der Waals surface area (Å²) < 4.78 is 11.1. The minimum absolute atomic E-state index is 0.0993. The van der Waals surface area contributed by atoms with Gasteiger partial charge in [0.25, 0.3) is 0 Å². The molecule has 6 nitrogen and oxygen atoms in total. The van der Waals surface area contributed by atoms with E-state index in [-0.39, 0.29) is 11.6 Å². The Bertz CT molecular complexity index is 704. The number of allylic oxidation sites excluding steroid dienone is 2. The number of ether oxygens (including phenoxy) is 1. The molecular weight excluding hydrogens is 258 g/mol. The molecule has 2 N–H and O–H groups in total. The molecule has 0 bridgehead atoms. The third kappa shape index (κ3) is 1.77. The van der Waals surface area contributed by atoms with E-state index in [9.17, 15) is 4.79 Å². The van der Waals surface area contributed by atoms with E-state index in [1.54, 1.807) is 25.3 Å². The molecule has 2 aromatic rings. The average Bonchev–Trinajstić information content (AvgIpc) is 2.90. The number of rotatable bonds is 2. The van der Waals surface area contributed by atoms with Crippen LogP contribution in [0.15, 0.2) is 40.5 Å². The Morgan fingerprint density at radius 1 is 1.40 bits per heavy atom. The summed E-state index contributed by atoms with van der Waals surface area (Å²) in [5, 5.41) is 0. The van der Waals surface area contributed by atoms with E-state index in [0.29, 0.717) is 28.5 Å². The molecule has 2 aromatic heterocycles. The van der Waals surface area contributed by atoms with E-state index in [2.05, 4.69) is 9.97 Å². The zero-order valence-corrected chi connectivity index (χ0v) is 11.1. The van der Waals surface area contributed by atoms with E-state index in [0.717, 1.165) is 0 Å². The average molecular weight is 271 g/mol. The van der Waals surface area contributed by atoms with Gasteiger partial charge in [-0.25, -0.2) is 9.97 Å². The number of fused-ring (bicyclic) bond motifs is 1. The smallest absolute Gasteiger partial charge is 0.228 e. The number of aromatic nitrogens is 2. The first-order valence-electron chi connectivity index (χ1n) is 6.13. The summed E-state index contributed by atoms with van der Waals surface area (Å²) in [4.78, 5) is 20.0. The zero-order chi connectivity index (χ0) is 14.3. The topological polar surface area (TPSA) is 91.2 Å². The van der Waals surface area contributed by atoms with Crippen LogP contribution >= 0.6 is 0 Å². The fraction of sp³-hybridized carbons (Fsp3) is 0.214. The zero-order valence-electron chi connectivity index (χ0n) is 11.1. The number of Topliss-reactive ketones (excluding diaryl/α,β-unsaturated/α-hetero) is 1. The molecule has 1 aliphatic rings. The van der Waals surface area contributed by atoms with Gasteiger partial charge < -0.3 is 14.9 Å². The minimum atomic E-state index is -0.438. The van der Waals surface area contributed by atoms with Crippen molar-refractivity contribution in [3.63, 3.8) is 0 Å². The molecule has 0 amide bonds. The van der Waals surface area contributed by atoms with Crippen LogP contribution in [-0.2, 0) is 4.79 Å². The quantitative estimate of drug-likeness (QED) is 0.898. The summed E-state index contributed by atoms with van der Waals surface area (Å²) in [5.74, 6) is 1.22. The number of nitrogen functional groups attached to an aromatic ring is 1. The van der Waals surface area contributed by atoms with Gasteiger partial charge in [-0.1, -0.05) is 0 Å². The Balaban J connectivity index is 2.28. The van der Waals surface area contributed by atoms with E-state index < -0.39 is 5.92 Å². The fourth-order valence-electron chi connectivity index (χ4n) is 2.48. The largest absolute Gasteiger partial charge is 0.468 e. The number of nitrogens with zero attached hydrogens (tertiary/aromatic N) is 2. The Morgan fingerprint density at radius 2 is 2.20 bits per heavy atom. The molecule has 0 radical (unpaired) electrons. The summed E-state index contributed by atoms with van der Waals surface area (Å²) in [6.07, 6.45) is 2.89. The highest BCUT2D eigenvalue weighted by Gasteiger charge is 2.36. The Labute approximate surface area is 115 Å². The highest BCUT2D eigenvalue weighted by molar-refractivity contribution is 5.97. The molecule has 102 valence electrons. The molecule has 3 rings (SSSR count). The highest BCUT2D eigenvalue weighted by Crippen LogP contribution is 2.44. The van der Waals surface area contributed by atoms with Crippen molar-refractivity contribution in [3.05, 3.63) is 47.4 Å². The predicted molar refractivity (Wildman–Crippen MR) is 71.0 cm³/mol. The molecule has 3 heterocycles. The third-order valence-corrected chi connectivity index (χ3v) is 3.29. The Morgan fingerprint density at radius 3 is 2.85 bits per heavy atom. The number of hydrogen-bond acceptors (Lipinski definition) is 6. The second-order valence-electron chi connectivity index (χ2n) is 4.55. The second kappa shape index (κ2) is 4.48. The van der Waals surface area contributed by atoms with Crippen molar-refractivity contribution < 1.29 is 13.9 Å². The molecule has 1 atom stereocenters. The van der Waals surface area contributed by atoms with Crippen LogP contribution in [0.25, 0.3) is 0 Å². The van der Waals surface area contributed by atoms with Crippen molar-refractivity contribution in [1.29, 1.82) is 0 Å². The fourth-order valence-corrected chi connectivity index (χ4v) is 2.48. The SMILES string of the molecule is CC(=O)C1=C(C)Oc2ncnc(N)c2C1c1ccco1. The minimum Gasteiger partial charge on any atom is -0.468 e. The van der Waals surface area contributed by atoms with Crippen LogP contribution in [0.2, 0.25) is 0 Å². The first-order valence-corrected chi connectivity index (χ1v) is 6.13. The summed E-state index contributed by atoms with van der Waals surface area (Å²) in [7, 11) is 0. The molecule has 0 aliphatic carbocycles. The summed E-state index contributed by atoms with van der Waals surface area (Å²) in [6.45, 7) is 3.22. The predicted octanol–water partition coefficient (Wildman–Crippen LogP) is 2.04. The van der Waals surface area contributed by atoms with Gasteiger partial charge in [0, 0.05) is 5.57 Å². The second-order valence-corrected chi connectivity index (χ2v) is 4.55. The number of furan rings is 1. The van der Waals surface area contributed by atoms with Crippen LogP contribution < -0.4 is 10.5 Å². The normalized spacial score (nSPS) is 17.6. The van der Waals surface area contributed by atoms with Crippen LogP contribution in [0, 0.1) is 0 Å². The monoisotopic (exact) mass is 271 g/mol. The number of ketones is 1. The lowest BCUT2D eigenvalue weighted by atomic mass is 9.85. The van der Waals surface area contributed by atoms with Gasteiger partial charge in [0.05, 0.1) is 17.7 Å². The lowest BCUT2D eigenvalue weighted by molar-refractivity contribution is -0.114. The first-order chi connectivity index (χ1) is 9.59. The number of nitrogens with two attached hydrogens (primary N) is 1. The number of carbonyl (C=O) groups is 1. The van der Waals surface area contributed by atoms with Gasteiger partial charge in [0.1, 0.15) is 23.7 Å². The molecular formula is C14H13N3O3. The first kappa shape index (κ1) is 12.4. The summed E-state index contributed by atoms with van der Waals surface area (Å²) in [6, 6.07) is 3.56. The maximum absolute atomic E-state index is 12.0. The molecule has 0 saturated heterocycles. The van der Waals surface area contributed by atoms with Crippen molar-refractivity contribution in [2.75, 3.05) is 5.73 Å². The van der Waals surface area contributed by atoms with Crippen LogP contribution in [0.1, 0.15) is 31.1 Å². The molecule has 6 heteroatoms. The standard InChI is InChI=1S/C14H13N3O3/c1-7(18)10-8(2)20-14-12(13(15)16-6-17-14)11(10)9-4-3-5-19-9/h3-6,11H,1-2H3,(H2,15,16,17). The van der Waals surface area contributed by atoms with Crippen LogP contribution in [0.3, 0.4) is 0 Å². The maximum atomic E-state index is 12.0. The molecule has 0 saturated carbocycles. The van der Waals surface area contributed by atoms with Crippen molar-refractivity contribution >= 4 is 11.6 Å². The molecule has 0 aromatic carbocycles. The molecule has 0 spiro atoms. The van der Waals surface area contributed by atoms with Gasteiger partial charge in [-0.15, -0.1) is 0 Å².